The molecule has 21 heavy (non-hydrogen) atoms. The Morgan fingerprint density at radius 2 is 1.57 bits per heavy atom. The van der Waals surface area contributed by atoms with Crippen molar-refractivity contribution in [2.24, 2.45) is 0 Å². The van der Waals surface area contributed by atoms with Gasteiger partial charge in [0.25, 0.3) is 0 Å². The molecule has 2 amide bonds. The largest absolute Gasteiger partial charge is 0.454 e. The van der Waals surface area contributed by atoms with Crippen LogP contribution in [0.5, 0.6) is 11.5 Å². The molecule has 1 aliphatic rings. The normalized spacial score (nSPS) is 12.1. The molecule has 1 aliphatic heterocycles. The number of hydrogen-bond acceptors (Lipinski definition) is 3. The number of rotatable bonds is 2. The molecule has 2 N–H and O–H groups in total. The lowest BCUT2D eigenvalue weighted by Crippen LogP contribution is -2.19. The molecule has 1 heterocycles. The van der Waals surface area contributed by atoms with Crippen molar-refractivity contribution < 1.29 is 14.3 Å². The number of nitrogens with one attached hydrogen (secondary N) is 2. The van der Waals surface area contributed by atoms with E-state index < -0.39 is 6.03 Å². The molecule has 2 aromatic carbocycles. The maximum Gasteiger partial charge on any atom is 0.323 e. The van der Waals surface area contributed by atoms with E-state index in [4.69, 9.17) is 32.7 Å². The van der Waals surface area contributed by atoms with Crippen molar-refractivity contribution >= 4 is 40.6 Å². The summed E-state index contributed by atoms with van der Waals surface area (Å²) < 4.78 is 10.4. The molecular weight excluding hydrogens is 315 g/mol. The monoisotopic (exact) mass is 324 g/mol. The van der Waals surface area contributed by atoms with Crippen LogP contribution >= 0.6 is 23.2 Å². The quantitative estimate of drug-likeness (QED) is 0.862. The van der Waals surface area contributed by atoms with Gasteiger partial charge in [-0.2, -0.15) is 0 Å². The zero-order valence-electron chi connectivity index (χ0n) is 10.7. The number of urea groups is 1. The summed E-state index contributed by atoms with van der Waals surface area (Å²) in [5.41, 5.74) is 1.14. The van der Waals surface area contributed by atoms with Crippen molar-refractivity contribution in [2.75, 3.05) is 17.4 Å². The average molecular weight is 325 g/mol. The van der Waals surface area contributed by atoms with Crippen molar-refractivity contribution in [3.63, 3.8) is 0 Å². The Labute approximate surface area is 130 Å². The van der Waals surface area contributed by atoms with Crippen LogP contribution in [0.3, 0.4) is 0 Å². The van der Waals surface area contributed by atoms with Crippen LogP contribution in [0.2, 0.25) is 10.0 Å². The van der Waals surface area contributed by atoms with Crippen molar-refractivity contribution in [1.29, 1.82) is 0 Å². The van der Waals surface area contributed by atoms with Crippen LogP contribution in [0.1, 0.15) is 0 Å². The van der Waals surface area contributed by atoms with Crippen LogP contribution in [0.15, 0.2) is 36.4 Å². The minimum Gasteiger partial charge on any atom is -0.454 e. The molecule has 5 nitrogen and oxygen atoms in total. The fourth-order valence-corrected chi connectivity index (χ4v) is 2.14. The van der Waals surface area contributed by atoms with Crippen molar-refractivity contribution in [2.45, 2.75) is 0 Å². The van der Waals surface area contributed by atoms with Gasteiger partial charge in [0.1, 0.15) is 0 Å². The minimum atomic E-state index is -0.396. The first kappa shape index (κ1) is 13.9. The SMILES string of the molecule is O=C(Nc1ccc(Cl)c(Cl)c1)Nc1ccc2c(c1)OCO2. The first-order valence-electron chi connectivity index (χ1n) is 6.04. The minimum absolute atomic E-state index is 0.189. The van der Waals surface area contributed by atoms with E-state index in [1.165, 1.54) is 0 Å². The molecule has 7 heteroatoms. The number of carbonyl (C=O) groups excluding carboxylic acids is 1. The van der Waals surface area contributed by atoms with Crippen molar-refractivity contribution in [3.8, 4) is 11.5 Å². The van der Waals surface area contributed by atoms with Crippen molar-refractivity contribution in [1.82, 2.24) is 0 Å². The molecule has 0 saturated heterocycles. The van der Waals surface area contributed by atoms with Gasteiger partial charge in [0.05, 0.1) is 10.0 Å². The molecule has 0 saturated carbocycles. The summed E-state index contributed by atoms with van der Waals surface area (Å²) in [7, 11) is 0. The van der Waals surface area contributed by atoms with E-state index in [1.54, 1.807) is 36.4 Å². The summed E-state index contributed by atoms with van der Waals surface area (Å²) in [6, 6.07) is 9.60. The Hall–Kier alpha value is -2.11. The van der Waals surface area contributed by atoms with Crippen LogP contribution in [0.4, 0.5) is 16.2 Å². The summed E-state index contributed by atoms with van der Waals surface area (Å²) in [4.78, 5) is 11.9. The third-order valence-electron chi connectivity index (χ3n) is 2.81. The predicted molar refractivity (Wildman–Crippen MR) is 81.7 cm³/mol. The predicted octanol–water partition coefficient (Wildman–Crippen LogP) is 4.37. The van der Waals surface area contributed by atoms with Gasteiger partial charge >= 0.3 is 6.03 Å². The second-order valence-electron chi connectivity index (χ2n) is 4.28. The smallest absolute Gasteiger partial charge is 0.323 e. The van der Waals surface area contributed by atoms with Crippen LogP contribution in [0, 0.1) is 0 Å². The number of carbonyl (C=O) groups is 1. The topological polar surface area (TPSA) is 59.6 Å². The van der Waals surface area contributed by atoms with Gasteiger partial charge < -0.3 is 20.1 Å². The fraction of sp³-hybridized carbons (Fsp3) is 0.0714. The first-order chi connectivity index (χ1) is 10.1. The van der Waals surface area contributed by atoms with E-state index in [-0.39, 0.29) is 6.79 Å². The van der Waals surface area contributed by atoms with Gasteiger partial charge in [-0.25, -0.2) is 4.79 Å². The molecule has 0 unspecified atom stereocenters. The Morgan fingerprint density at radius 3 is 2.33 bits per heavy atom. The van der Waals surface area contributed by atoms with E-state index >= 15 is 0 Å². The van der Waals surface area contributed by atoms with Gasteiger partial charge in [-0.3, -0.25) is 0 Å². The second-order valence-corrected chi connectivity index (χ2v) is 5.09. The molecule has 0 aromatic heterocycles. The van der Waals surface area contributed by atoms with Gasteiger partial charge in [0.15, 0.2) is 11.5 Å². The van der Waals surface area contributed by atoms with Crippen LogP contribution in [-0.2, 0) is 0 Å². The average Bonchev–Trinajstić information content (AvgIpc) is 2.90. The summed E-state index contributed by atoms with van der Waals surface area (Å²) in [6.07, 6.45) is 0. The van der Waals surface area contributed by atoms with E-state index in [2.05, 4.69) is 10.6 Å². The van der Waals surface area contributed by atoms with E-state index in [0.29, 0.717) is 32.9 Å². The highest BCUT2D eigenvalue weighted by Crippen LogP contribution is 2.34. The number of amides is 2. The highest BCUT2D eigenvalue weighted by Gasteiger charge is 2.14. The number of benzene rings is 2. The van der Waals surface area contributed by atoms with E-state index in [1.807, 2.05) is 0 Å². The Balaban J connectivity index is 1.67. The molecule has 0 bridgehead atoms. The molecule has 0 fully saturated rings. The third kappa shape index (κ3) is 3.15. The molecule has 0 radical (unpaired) electrons. The Morgan fingerprint density at radius 1 is 0.905 bits per heavy atom. The summed E-state index contributed by atoms with van der Waals surface area (Å²) in [6.45, 7) is 0.189. The number of fused-ring (bicyclic) bond motifs is 1. The highest BCUT2D eigenvalue weighted by atomic mass is 35.5. The van der Waals surface area contributed by atoms with Crippen molar-refractivity contribution in [3.05, 3.63) is 46.4 Å². The maximum atomic E-state index is 11.9. The maximum absolute atomic E-state index is 11.9. The molecular formula is C14H10Cl2N2O3. The first-order valence-corrected chi connectivity index (χ1v) is 6.80. The Kier molecular flexibility index (Phi) is 3.77. The molecule has 108 valence electrons. The van der Waals surface area contributed by atoms with E-state index in [9.17, 15) is 4.79 Å². The lowest BCUT2D eigenvalue weighted by atomic mass is 10.3. The molecule has 2 aromatic rings. The summed E-state index contributed by atoms with van der Waals surface area (Å²) in [5, 5.41) is 6.16. The lowest BCUT2D eigenvalue weighted by Gasteiger charge is -2.09. The number of ether oxygens (including phenoxy) is 2. The zero-order valence-corrected chi connectivity index (χ0v) is 12.2. The van der Waals surface area contributed by atoms with Gasteiger partial charge in [-0.15, -0.1) is 0 Å². The highest BCUT2D eigenvalue weighted by molar-refractivity contribution is 6.42. The third-order valence-corrected chi connectivity index (χ3v) is 3.55. The number of hydrogen-bond donors (Lipinski definition) is 2. The van der Waals surface area contributed by atoms with Crippen LogP contribution in [0.25, 0.3) is 0 Å². The molecule has 0 spiro atoms. The lowest BCUT2D eigenvalue weighted by molar-refractivity contribution is 0.174. The van der Waals surface area contributed by atoms with Gasteiger partial charge in [0.2, 0.25) is 6.79 Å². The standard InChI is InChI=1S/C14H10Cl2N2O3/c15-10-3-1-8(5-11(10)16)17-14(19)18-9-2-4-12-13(6-9)21-7-20-12/h1-6H,7H2,(H2,17,18,19). The van der Waals surface area contributed by atoms with Crippen LogP contribution < -0.4 is 20.1 Å². The second kappa shape index (κ2) is 5.71. The molecule has 3 rings (SSSR count). The fourth-order valence-electron chi connectivity index (χ4n) is 1.84. The number of halogens is 2. The molecule has 0 aliphatic carbocycles. The summed E-state index contributed by atoms with van der Waals surface area (Å²) >= 11 is 11.7. The number of anilines is 2. The molecule has 0 atom stereocenters. The Bertz CT molecular complexity index is 707. The zero-order chi connectivity index (χ0) is 14.8. The summed E-state index contributed by atoms with van der Waals surface area (Å²) in [5.74, 6) is 1.26. The van der Waals surface area contributed by atoms with Crippen LogP contribution in [-0.4, -0.2) is 12.8 Å². The van der Waals surface area contributed by atoms with E-state index in [0.717, 1.165) is 0 Å². The van der Waals surface area contributed by atoms with Gasteiger partial charge in [0, 0.05) is 17.4 Å². The van der Waals surface area contributed by atoms with Gasteiger partial charge in [-0.05, 0) is 30.3 Å². The van der Waals surface area contributed by atoms with Gasteiger partial charge in [-0.1, -0.05) is 23.2 Å².